The molecule has 0 amide bonds. The Labute approximate surface area is 125 Å². The predicted molar refractivity (Wildman–Crippen MR) is 81.6 cm³/mol. The molecule has 4 heteroatoms. The molecule has 1 aliphatic carbocycles. The van der Waals surface area contributed by atoms with E-state index in [1.54, 1.807) is 25.1 Å². The van der Waals surface area contributed by atoms with Gasteiger partial charge >= 0.3 is 5.97 Å². The van der Waals surface area contributed by atoms with Crippen molar-refractivity contribution in [2.24, 2.45) is 5.41 Å². The summed E-state index contributed by atoms with van der Waals surface area (Å²) in [6.07, 6.45) is 3.58. The average molecular weight is 293 g/mol. The molecule has 0 spiro atoms. The van der Waals surface area contributed by atoms with Crippen LogP contribution in [0.2, 0.25) is 0 Å². The van der Waals surface area contributed by atoms with E-state index in [0.717, 1.165) is 19.3 Å². The van der Waals surface area contributed by atoms with Crippen molar-refractivity contribution >= 4 is 11.7 Å². The first-order valence-corrected chi connectivity index (χ1v) is 7.63. The molecule has 0 aromatic heterocycles. The lowest BCUT2D eigenvalue weighted by molar-refractivity contribution is -0.155. The molecule has 1 fully saturated rings. The number of halogens is 1. The quantitative estimate of drug-likeness (QED) is 0.848. The highest BCUT2D eigenvalue weighted by Crippen LogP contribution is 2.46. The first kappa shape index (κ1) is 15.8. The van der Waals surface area contributed by atoms with Gasteiger partial charge in [0.05, 0.1) is 12.3 Å². The SMILES string of the molecule is CCOC(=O)C1(Nc2ccccc2F)CCCCC1(C)C. The maximum absolute atomic E-state index is 14.0. The fourth-order valence-corrected chi connectivity index (χ4v) is 3.22. The normalized spacial score (nSPS) is 24.4. The first-order chi connectivity index (χ1) is 9.93. The third kappa shape index (κ3) is 2.89. The van der Waals surface area contributed by atoms with E-state index in [1.165, 1.54) is 6.07 Å². The zero-order chi connectivity index (χ0) is 15.5. The summed E-state index contributed by atoms with van der Waals surface area (Å²) in [4.78, 5) is 12.6. The van der Waals surface area contributed by atoms with Crippen LogP contribution in [0, 0.1) is 11.2 Å². The summed E-state index contributed by atoms with van der Waals surface area (Å²) in [6.45, 7) is 6.23. The summed E-state index contributed by atoms with van der Waals surface area (Å²) < 4.78 is 19.3. The third-order valence-corrected chi connectivity index (χ3v) is 4.60. The second kappa shape index (κ2) is 6.04. The van der Waals surface area contributed by atoms with E-state index >= 15 is 0 Å². The Kier molecular flexibility index (Phi) is 4.55. The number of benzene rings is 1. The van der Waals surface area contributed by atoms with Gasteiger partial charge in [0.2, 0.25) is 0 Å². The maximum Gasteiger partial charge on any atom is 0.332 e. The molecular weight excluding hydrogens is 269 g/mol. The number of esters is 1. The Morgan fingerprint density at radius 3 is 2.57 bits per heavy atom. The molecule has 3 nitrogen and oxygen atoms in total. The highest BCUT2D eigenvalue weighted by molar-refractivity contribution is 5.86. The summed E-state index contributed by atoms with van der Waals surface area (Å²) in [5.74, 6) is -0.625. The molecule has 1 N–H and O–H groups in total. The van der Waals surface area contributed by atoms with Gasteiger partial charge in [-0.15, -0.1) is 0 Å². The fraction of sp³-hybridized carbons (Fsp3) is 0.588. The van der Waals surface area contributed by atoms with Gasteiger partial charge in [0.25, 0.3) is 0 Å². The molecule has 1 aromatic carbocycles. The lowest BCUT2D eigenvalue weighted by atomic mass is 9.63. The average Bonchev–Trinajstić information content (AvgIpc) is 2.43. The molecule has 1 unspecified atom stereocenters. The van der Waals surface area contributed by atoms with Crippen LogP contribution in [0.25, 0.3) is 0 Å². The minimum atomic E-state index is -0.872. The number of hydrogen-bond donors (Lipinski definition) is 1. The van der Waals surface area contributed by atoms with Crippen LogP contribution in [-0.2, 0) is 9.53 Å². The van der Waals surface area contributed by atoms with Crippen molar-refractivity contribution in [3.8, 4) is 0 Å². The molecule has 0 radical (unpaired) electrons. The van der Waals surface area contributed by atoms with Gasteiger partial charge in [-0.05, 0) is 37.3 Å². The van der Waals surface area contributed by atoms with Gasteiger partial charge in [0.1, 0.15) is 11.4 Å². The molecule has 1 saturated carbocycles. The van der Waals surface area contributed by atoms with Crippen LogP contribution in [0.5, 0.6) is 0 Å². The second-order valence-electron chi connectivity index (χ2n) is 6.32. The molecule has 1 aliphatic rings. The van der Waals surface area contributed by atoms with Crippen LogP contribution in [0.4, 0.5) is 10.1 Å². The highest BCUT2D eigenvalue weighted by Gasteiger charge is 2.53. The van der Waals surface area contributed by atoms with E-state index < -0.39 is 5.54 Å². The van der Waals surface area contributed by atoms with E-state index in [0.29, 0.717) is 18.7 Å². The predicted octanol–water partition coefficient (Wildman–Crippen LogP) is 4.14. The van der Waals surface area contributed by atoms with Crippen molar-refractivity contribution in [3.63, 3.8) is 0 Å². The van der Waals surface area contributed by atoms with E-state index in [2.05, 4.69) is 19.2 Å². The zero-order valence-corrected chi connectivity index (χ0v) is 13.0. The van der Waals surface area contributed by atoms with Gasteiger partial charge in [0, 0.05) is 0 Å². The Hall–Kier alpha value is -1.58. The topological polar surface area (TPSA) is 38.3 Å². The van der Waals surface area contributed by atoms with Gasteiger partial charge in [-0.1, -0.05) is 38.8 Å². The number of hydrogen-bond acceptors (Lipinski definition) is 3. The smallest absolute Gasteiger partial charge is 0.332 e. The minimum absolute atomic E-state index is 0.280. The number of nitrogens with one attached hydrogen (secondary N) is 1. The molecule has 2 rings (SSSR count). The monoisotopic (exact) mass is 293 g/mol. The largest absolute Gasteiger partial charge is 0.464 e. The van der Waals surface area contributed by atoms with Gasteiger partial charge in [-0.3, -0.25) is 0 Å². The molecule has 116 valence electrons. The van der Waals surface area contributed by atoms with Crippen molar-refractivity contribution in [3.05, 3.63) is 30.1 Å². The van der Waals surface area contributed by atoms with E-state index in [9.17, 15) is 9.18 Å². The van der Waals surface area contributed by atoms with Crippen molar-refractivity contribution in [2.45, 2.75) is 52.0 Å². The van der Waals surface area contributed by atoms with E-state index in [-0.39, 0.29) is 17.2 Å². The van der Waals surface area contributed by atoms with Gasteiger partial charge < -0.3 is 10.1 Å². The maximum atomic E-state index is 14.0. The number of carbonyl (C=O) groups is 1. The molecule has 1 atom stereocenters. The van der Waals surface area contributed by atoms with Crippen molar-refractivity contribution in [1.82, 2.24) is 0 Å². The van der Waals surface area contributed by atoms with Crippen LogP contribution in [0.1, 0.15) is 46.5 Å². The van der Waals surface area contributed by atoms with Crippen LogP contribution in [-0.4, -0.2) is 18.1 Å². The minimum Gasteiger partial charge on any atom is -0.464 e. The number of para-hydroxylation sites is 1. The molecule has 0 aliphatic heterocycles. The molecular formula is C17H24FNO2. The Bertz CT molecular complexity index is 515. The van der Waals surface area contributed by atoms with Gasteiger partial charge in [-0.25, -0.2) is 9.18 Å². The molecule has 0 heterocycles. The molecule has 0 saturated heterocycles. The summed E-state index contributed by atoms with van der Waals surface area (Å²) in [6, 6.07) is 6.47. The standard InChI is InChI=1S/C17H24FNO2/c1-4-21-15(20)17(12-8-7-11-16(17,2)3)19-14-10-6-5-9-13(14)18/h5-6,9-10,19H,4,7-8,11-12H2,1-3H3. The summed E-state index contributed by atoms with van der Waals surface area (Å²) >= 11 is 0. The first-order valence-electron chi connectivity index (χ1n) is 7.63. The second-order valence-corrected chi connectivity index (χ2v) is 6.32. The lowest BCUT2D eigenvalue weighted by Gasteiger charge is -2.48. The van der Waals surface area contributed by atoms with E-state index in [1.807, 2.05) is 0 Å². The van der Waals surface area contributed by atoms with Crippen LogP contribution >= 0.6 is 0 Å². The number of rotatable bonds is 4. The number of carbonyl (C=O) groups excluding carboxylic acids is 1. The van der Waals surface area contributed by atoms with Crippen molar-refractivity contribution in [2.75, 3.05) is 11.9 Å². The summed E-state index contributed by atoms with van der Waals surface area (Å²) in [5.41, 5.74) is -0.802. The highest BCUT2D eigenvalue weighted by atomic mass is 19.1. The van der Waals surface area contributed by atoms with Crippen LogP contribution in [0.3, 0.4) is 0 Å². The van der Waals surface area contributed by atoms with Crippen LogP contribution < -0.4 is 5.32 Å². The fourth-order valence-electron chi connectivity index (χ4n) is 3.22. The van der Waals surface area contributed by atoms with Crippen molar-refractivity contribution in [1.29, 1.82) is 0 Å². The molecule has 1 aromatic rings. The Morgan fingerprint density at radius 1 is 1.29 bits per heavy atom. The third-order valence-electron chi connectivity index (χ3n) is 4.60. The Balaban J connectivity index is 2.41. The zero-order valence-electron chi connectivity index (χ0n) is 13.0. The lowest BCUT2D eigenvalue weighted by Crippen LogP contribution is -2.59. The van der Waals surface area contributed by atoms with Gasteiger partial charge in [-0.2, -0.15) is 0 Å². The van der Waals surface area contributed by atoms with E-state index in [4.69, 9.17) is 4.74 Å². The summed E-state index contributed by atoms with van der Waals surface area (Å²) in [7, 11) is 0. The van der Waals surface area contributed by atoms with Gasteiger partial charge in [0.15, 0.2) is 0 Å². The van der Waals surface area contributed by atoms with Crippen molar-refractivity contribution < 1.29 is 13.9 Å². The van der Waals surface area contributed by atoms with Crippen LogP contribution in [0.15, 0.2) is 24.3 Å². The number of ether oxygens (including phenoxy) is 1. The Morgan fingerprint density at radius 2 is 1.95 bits per heavy atom. The number of anilines is 1. The summed E-state index contributed by atoms with van der Waals surface area (Å²) in [5, 5.41) is 3.19. The molecule has 0 bridgehead atoms. The molecule has 21 heavy (non-hydrogen) atoms.